The molecule has 3 rings (SSSR count). The number of aryl methyl sites for hydroxylation is 1. The number of amides is 1. The van der Waals surface area contributed by atoms with Crippen LogP contribution < -0.4 is 0 Å². The number of sulfonamides is 1. The zero-order valence-electron chi connectivity index (χ0n) is 11.3. The Balaban J connectivity index is 1.74. The van der Waals surface area contributed by atoms with Gasteiger partial charge in [0.25, 0.3) is 15.9 Å². The van der Waals surface area contributed by atoms with Crippen molar-refractivity contribution in [3.05, 3.63) is 59.9 Å². The summed E-state index contributed by atoms with van der Waals surface area (Å²) in [6, 6.07) is 10.1. The summed E-state index contributed by atoms with van der Waals surface area (Å²) in [5, 5.41) is 0. The molecule has 1 amide bonds. The van der Waals surface area contributed by atoms with Crippen molar-refractivity contribution in [2.45, 2.75) is 17.7 Å². The van der Waals surface area contributed by atoms with E-state index in [1.807, 2.05) is 12.1 Å². The van der Waals surface area contributed by atoms with Gasteiger partial charge in [-0.15, -0.1) is 0 Å². The lowest BCUT2D eigenvalue weighted by Crippen LogP contribution is -2.31. The maximum absolute atomic E-state index is 12.3. The highest BCUT2D eigenvalue weighted by Crippen LogP contribution is 2.29. The minimum atomic E-state index is -3.68. The van der Waals surface area contributed by atoms with E-state index in [1.165, 1.54) is 6.07 Å². The lowest BCUT2D eigenvalue weighted by Gasteiger charge is -2.14. The van der Waals surface area contributed by atoms with E-state index in [0.29, 0.717) is 12.8 Å². The van der Waals surface area contributed by atoms with Gasteiger partial charge < -0.3 is 0 Å². The summed E-state index contributed by atoms with van der Waals surface area (Å²) in [5.74, 6) is -0.434. The molecule has 1 aromatic heterocycles. The molecule has 108 valence electrons. The average Bonchev–Trinajstić information content (AvgIpc) is 2.70. The summed E-state index contributed by atoms with van der Waals surface area (Å²) in [4.78, 5) is 16.3. The lowest BCUT2D eigenvalue weighted by molar-refractivity contribution is 0.0870. The molecule has 0 saturated heterocycles. The van der Waals surface area contributed by atoms with Crippen molar-refractivity contribution in [1.29, 1.82) is 0 Å². The number of carbonyl (C=O) groups is 1. The van der Waals surface area contributed by atoms with Gasteiger partial charge >= 0.3 is 0 Å². The van der Waals surface area contributed by atoms with Gasteiger partial charge in [-0.25, -0.2) is 12.7 Å². The summed E-state index contributed by atoms with van der Waals surface area (Å²) in [5.41, 5.74) is 1.29. The standard InChI is InChI=1S/C15H14N2O3S/c18-15-13-7-1-2-8-14(13)21(19,20)17(15)10-4-6-12-5-3-9-16-11-12/h1-3,5,7-9,11H,4,6,10H2. The minimum absolute atomic E-state index is 0.108. The fourth-order valence-electron chi connectivity index (χ4n) is 2.42. The Morgan fingerprint density at radius 2 is 1.90 bits per heavy atom. The van der Waals surface area contributed by atoms with Crippen molar-refractivity contribution in [3.63, 3.8) is 0 Å². The van der Waals surface area contributed by atoms with Crippen LogP contribution >= 0.6 is 0 Å². The Labute approximate surface area is 123 Å². The van der Waals surface area contributed by atoms with Crippen LogP contribution in [0.1, 0.15) is 22.3 Å². The van der Waals surface area contributed by atoms with Gasteiger partial charge in [0, 0.05) is 18.9 Å². The Morgan fingerprint density at radius 3 is 2.62 bits per heavy atom. The van der Waals surface area contributed by atoms with Gasteiger partial charge in [-0.2, -0.15) is 0 Å². The molecule has 1 aromatic carbocycles. The SMILES string of the molecule is O=C1c2ccccc2S(=O)(=O)N1CCCc1cccnc1. The number of aromatic nitrogens is 1. The Hall–Kier alpha value is -2.21. The van der Waals surface area contributed by atoms with Crippen LogP contribution in [-0.4, -0.2) is 30.2 Å². The summed E-state index contributed by atoms with van der Waals surface area (Å²) >= 11 is 0. The zero-order chi connectivity index (χ0) is 14.9. The minimum Gasteiger partial charge on any atom is -0.268 e. The van der Waals surface area contributed by atoms with Crippen LogP contribution in [0.4, 0.5) is 0 Å². The summed E-state index contributed by atoms with van der Waals surface area (Å²) in [7, 11) is -3.68. The molecule has 0 aliphatic carbocycles. The monoisotopic (exact) mass is 302 g/mol. The smallest absolute Gasteiger partial charge is 0.268 e. The van der Waals surface area contributed by atoms with E-state index in [2.05, 4.69) is 4.98 Å². The van der Waals surface area contributed by atoms with E-state index in [0.717, 1.165) is 9.87 Å². The molecule has 0 N–H and O–H groups in total. The van der Waals surface area contributed by atoms with E-state index in [4.69, 9.17) is 0 Å². The molecule has 5 nitrogen and oxygen atoms in total. The quantitative estimate of drug-likeness (QED) is 0.864. The van der Waals surface area contributed by atoms with Crippen LogP contribution in [0.25, 0.3) is 0 Å². The van der Waals surface area contributed by atoms with E-state index in [1.54, 1.807) is 30.6 Å². The number of hydrogen-bond donors (Lipinski definition) is 0. The van der Waals surface area contributed by atoms with Crippen LogP contribution in [0, 0.1) is 0 Å². The van der Waals surface area contributed by atoms with Crippen molar-refractivity contribution in [3.8, 4) is 0 Å². The second kappa shape index (κ2) is 5.29. The molecule has 2 aromatic rings. The fraction of sp³-hybridized carbons (Fsp3) is 0.200. The first-order valence-corrected chi connectivity index (χ1v) is 8.10. The van der Waals surface area contributed by atoms with E-state index in [9.17, 15) is 13.2 Å². The topological polar surface area (TPSA) is 67.3 Å². The molecule has 1 aliphatic heterocycles. The van der Waals surface area contributed by atoms with Crippen molar-refractivity contribution in [2.24, 2.45) is 0 Å². The summed E-state index contributed by atoms with van der Waals surface area (Å²) < 4.78 is 25.6. The third-order valence-electron chi connectivity index (χ3n) is 3.46. The maximum atomic E-state index is 12.3. The zero-order valence-corrected chi connectivity index (χ0v) is 12.1. The van der Waals surface area contributed by atoms with Crippen LogP contribution in [0.5, 0.6) is 0 Å². The molecule has 0 spiro atoms. The van der Waals surface area contributed by atoms with Crippen LogP contribution in [0.15, 0.2) is 53.7 Å². The lowest BCUT2D eigenvalue weighted by atomic mass is 10.1. The van der Waals surface area contributed by atoms with Gasteiger partial charge in [-0.05, 0) is 36.6 Å². The van der Waals surface area contributed by atoms with Crippen molar-refractivity contribution < 1.29 is 13.2 Å². The summed E-state index contributed by atoms with van der Waals surface area (Å²) in [6.45, 7) is 0.185. The Kier molecular flexibility index (Phi) is 3.47. The van der Waals surface area contributed by atoms with Gasteiger partial charge in [0.05, 0.1) is 5.56 Å². The molecule has 0 radical (unpaired) electrons. The van der Waals surface area contributed by atoms with E-state index >= 15 is 0 Å². The predicted molar refractivity (Wildman–Crippen MR) is 77.2 cm³/mol. The predicted octanol–water partition coefficient (Wildman–Crippen LogP) is 1.86. The van der Waals surface area contributed by atoms with Gasteiger partial charge in [0.15, 0.2) is 0 Å². The first-order chi connectivity index (χ1) is 10.1. The van der Waals surface area contributed by atoms with Gasteiger partial charge in [0.2, 0.25) is 0 Å². The number of hydrogen-bond acceptors (Lipinski definition) is 4. The highest BCUT2D eigenvalue weighted by Gasteiger charge is 2.40. The van der Waals surface area contributed by atoms with Crippen molar-refractivity contribution in [1.82, 2.24) is 9.29 Å². The summed E-state index contributed by atoms with van der Waals surface area (Å²) in [6.07, 6.45) is 4.69. The van der Waals surface area contributed by atoms with Gasteiger partial charge in [-0.3, -0.25) is 9.78 Å². The number of nitrogens with zero attached hydrogens (tertiary/aromatic N) is 2. The van der Waals surface area contributed by atoms with Crippen molar-refractivity contribution in [2.75, 3.05) is 6.54 Å². The Morgan fingerprint density at radius 1 is 1.10 bits per heavy atom. The molecular weight excluding hydrogens is 288 g/mol. The average molecular weight is 302 g/mol. The molecule has 0 atom stereocenters. The Bertz CT molecular complexity index is 773. The third-order valence-corrected chi connectivity index (χ3v) is 5.30. The second-order valence-electron chi connectivity index (χ2n) is 4.84. The largest absolute Gasteiger partial charge is 0.269 e. The number of rotatable bonds is 4. The van der Waals surface area contributed by atoms with Crippen LogP contribution in [0.3, 0.4) is 0 Å². The first kappa shape index (κ1) is 13.8. The highest BCUT2D eigenvalue weighted by atomic mass is 32.2. The number of fused-ring (bicyclic) bond motifs is 1. The first-order valence-electron chi connectivity index (χ1n) is 6.66. The number of benzene rings is 1. The van der Waals surface area contributed by atoms with E-state index < -0.39 is 15.9 Å². The van der Waals surface area contributed by atoms with Gasteiger partial charge in [-0.1, -0.05) is 18.2 Å². The molecule has 2 heterocycles. The molecule has 21 heavy (non-hydrogen) atoms. The molecule has 1 aliphatic rings. The maximum Gasteiger partial charge on any atom is 0.269 e. The van der Waals surface area contributed by atoms with Crippen LogP contribution in [-0.2, 0) is 16.4 Å². The molecule has 0 bridgehead atoms. The van der Waals surface area contributed by atoms with Crippen LogP contribution in [0.2, 0.25) is 0 Å². The molecular formula is C15H14N2O3S. The second-order valence-corrected chi connectivity index (χ2v) is 6.67. The normalized spacial score (nSPS) is 16.0. The van der Waals surface area contributed by atoms with Crippen molar-refractivity contribution >= 4 is 15.9 Å². The molecule has 0 unspecified atom stereocenters. The molecule has 0 fully saturated rings. The fourth-order valence-corrected chi connectivity index (χ4v) is 4.03. The number of pyridine rings is 1. The van der Waals surface area contributed by atoms with Gasteiger partial charge in [0.1, 0.15) is 4.90 Å². The molecule has 6 heteroatoms. The third kappa shape index (κ3) is 2.42. The highest BCUT2D eigenvalue weighted by molar-refractivity contribution is 7.90. The van der Waals surface area contributed by atoms with E-state index in [-0.39, 0.29) is 17.0 Å². The number of carbonyl (C=O) groups excluding carboxylic acids is 1. The molecule has 0 saturated carbocycles.